The van der Waals surface area contributed by atoms with E-state index in [1.165, 1.54) is 0 Å². The molecule has 2 aliphatic rings. The lowest BCUT2D eigenvalue weighted by atomic mass is 9.73. The molecule has 7 heteroatoms. The van der Waals surface area contributed by atoms with Crippen LogP contribution in [0.1, 0.15) is 36.4 Å². The Hall–Kier alpha value is -1.54. The molecule has 1 saturated carbocycles. The van der Waals surface area contributed by atoms with E-state index in [4.69, 9.17) is 22.1 Å². The van der Waals surface area contributed by atoms with Gasteiger partial charge in [0.2, 0.25) is 0 Å². The second-order valence-electron chi connectivity index (χ2n) is 6.93. The minimum absolute atomic E-state index is 0. The molecule has 0 amide bonds. The summed E-state index contributed by atoms with van der Waals surface area (Å²) in [5.41, 5.74) is 6.38. The maximum Gasteiger partial charge on any atom is 0.189 e. The molecule has 4 nitrogen and oxygen atoms in total. The van der Waals surface area contributed by atoms with Gasteiger partial charge in [-0.05, 0) is 23.8 Å². The highest BCUT2D eigenvalue weighted by molar-refractivity contribution is 14.0. The lowest BCUT2D eigenvalue weighted by Crippen LogP contribution is -2.53. The van der Waals surface area contributed by atoms with E-state index < -0.39 is 5.67 Å². The number of benzene rings is 2. The lowest BCUT2D eigenvalue weighted by Gasteiger charge is -2.42. The Kier molecular flexibility index (Phi) is 6.15. The predicted octanol–water partition coefficient (Wildman–Crippen LogP) is 4.71. The zero-order valence-corrected chi connectivity index (χ0v) is 17.8. The van der Waals surface area contributed by atoms with Gasteiger partial charge in [-0.2, -0.15) is 0 Å². The van der Waals surface area contributed by atoms with Crippen molar-refractivity contribution in [1.29, 1.82) is 0 Å². The van der Waals surface area contributed by atoms with Crippen molar-refractivity contribution in [3.8, 4) is 5.75 Å². The summed E-state index contributed by atoms with van der Waals surface area (Å²) in [6, 6.07) is 14.8. The lowest BCUT2D eigenvalue weighted by molar-refractivity contribution is 0.0326. The van der Waals surface area contributed by atoms with Crippen LogP contribution in [0.25, 0.3) is 0 Å². The van der Waals surface area contributed by atoms with Gasteiger partial charge in [0.1, 0.15) is 11.4 Å². The van der Waals surface area contributed by atoms with E-state index in [-0.39, 0.29) is 36.1 Å². The molecule has 27 heavy (non-hydrogen) atoms. The van der Waals surface area contributed by atoms with Crippen LogP contribution in [0.2, 0.25) is 5.02 Å². The number of alkyl halides is 1. The summed E-state index contributed by atoms with van der Waals surface area (Å²) >= 11 is 5.97. The van der Waals surface area contributed by atoms with Gasteiger partial charge in [0.05, 0.1) is 12.6 Å². The second-order valence-corrected chi connectivity index (χ2v) is 7.37. The van der Waals surface area contributed by atoms with Crippen molar-refractivity contribution >= 4 is 41.5 Å². The fraction of sp³-hybridized carbons (Fsp3) is 0.350. The molecule has 1 aliphatic carbocycles. The van der Waals surface area contributed by atoms with Gasteiger partial charge in [0.25, 0.3) is 0 Å². The van der Waals surface area contributed by atoms with Crippen LogP contribution in [0.5, 0.6) is 5.75 Å². The van der Waals surface area contributed by atoms with Crippen molar-refractivity contribution in [2.24, 2.45) is 10.7 Å². The molecule has 0 bridgehead atoms. The van der Waals surface area contributed by atoms with E-state index in [2.05, 4.69) is 10.3 Å². The standard InChI is InChI=1S/C20H21ClFN3O.HI/c21-14-5-3-4-13(10-14)20(22)11-15(12-20)24-19(23)25-17-8-9-26-18-7-2-1-6-16(17)18;/h1-7,10,15,17H,8-9,11-12H2,(H3,23,24,25);1H. The van der Waals surface area contributed by atoms with E-state index in [9.17, 15) is 4.39 Å². The molecule has 1 heterocycles. The molecular formula is C20H22ClFIN3O. The zero-order chi connectivity index (χ0) is 18.1. The maximum atomic E-state index is 15.0. The Morgan fingerprint density at radius 1 is 1.22 bits per heavy atom. The second kappa shape index (κ2) is 8.22. The molecule has 1 atom stereocenters. The van der Waals surface area contributed by atoms with Gasteiger partial charge in [0.15, 0.2) is 5.96 Å². The van der Waals surface area contributed by atoms with Gasteiger partial charge in [-0.3, -0.25) is 0 Å². The molecule has 3 N–H and O–H groups in total. The van der Waals surface area contributed by atoms with Crippen LogP contribution in [0.4, 0.5) is 4.39 Å². The molecule has 2 aromatic carbocycles. The quantitative estimate of drug-likeness (QED) is 0.364. The number of nitrogens with one attached hydrogen (secondary N) is 1. The van der Waals surface area contributed by atoms with Gasteiger partial charge in [-0.1, -0.05) is 41.9 Å². The number of guanidine groups is 1. The van der Waals surface area contributed by atoms with Crippen LogP contribution in [0.3, 0.4) is 0 Å². The Morgan fingerprint density at radius 2 is 2.00 bits per heavy atom. The summed E-state index contributed by atoms with van der Waals surface area (Å²) in [5, 5.41) is 3.70. The molecule has 2 aromatic rings. The highest BCUT2D eigenvalue weighted by atomic mass is 127. The van der Waals surface area contributed by atoms with Gasteiger partial charge < -0.3 is 15.8 Å². The Labute approximate surface area is 180 Å². The SMILES string of the molecule is I.NC(=NC1CCOc2ccccc21)NC1CC(F)(c2cccc(Cl)c2)C1. The molecule has 144 valence electrons. The third-order valence-corrected chi connectivity index (χ3v) is 5.29. The summed E-state index contributed by atoms with van der Waals surface area (Å²) in [4.78, 5) is 4.59. The largest absolute Gasteiger partial charge is 0.493 e. The van der Waals surface area contributed by atoms with E-state index in [1.807, 2.05) is 24.3 Å². The van der Waals surface area contributed by atoms with Gasteiger partial charge >= 0.3 is 0 Å². The third-order valence-electron chi connectivity index (χ3n) is 5.06. The molecule has 1 aliphatic heterocycles. The molecule has 1 unspecified atom stereocenters. The number of nitrogens with two attached hydrogens (primary N) is 1. The highest BCUT2D eigenvalue weighted by Gasteiger charge is 2.46. The number of fused-ring (bicyclic) bond motifs is 1. The number of nitrogens with zero attached hydrogens (tertiary/aromatic N) is 1. The molecule has 0 radical (unpaired) electrons. The number of hydrogen-bond acceptors (Lipinski definition) is 2. The fourth-order valence-corrected chi connectivity index (χ4v) is 3.89. The minimum Gasteiger partial charge on any atom is -0.493 e. The van der Waals surface area contributed by atoms with Gasteiger partial charge in [-0.15, -0.1) is 24.0 Å². The van der Waals surface area contributed by atoms with Crippen LogP contribution in [0, 0.1) is 0 Å². The van der Waals surface area contributed by atoms with Crippen LogP contribution in [0.15, 0.2) is 53.5 Å². The molecule has 0 aromatic heterocycles. The smallest absolute Gasteiger partial charge is 0.189 e. The number of ether oxygens (including phenoxy) is 1. The Morgan fingerprint density at radius 3 is 2.78 bits per heavy atom. The maximum absolute atomic E-state index is 15.0. The normalized spacial score (nSPS) is 26.8. The van der Waals surface area contributed by atoms with Crippen molar-refractivity contribution in [3.63, 3.8) is 0 Å². The summed E-state index contributed by atoms with van der Waals surface area (Å²) in [6.45, 7) is 0.615. The Balaban J connectivity index is 0.00000210. The summed E-state index contributed by atoms with van der Waals surface area (Å²) in [5.74, 6) is 1.21. The summed E-state index contributed by atoms with van der Waals surface area (Å²) < 4.78 is 20.6. The monoisotopic (exact) mass is 501 g/mol. The topological polar surface area (TPSA) is 59.6 Å². The van der Waals surface area contributed by atoms with Gasteiger partial charge in [0, 0.05) is 35.9 Å². The molecule has 4 rings (SSSR count). The van der Waals surface area contributed by atoms with E-state index >= 15 is 0 Å². The average Bonchev–Trinajstić information content (AvgIpc) is 2.60. The van der Waals surface area contributed by atoms with Gasteiger partial charge in [-0.25, -0.2) is 9.38 Å². The first-order chi connectivity index (χ1) is 12.5. The van der Waals surface area contributed by atoms with Crippen molar-refractivity contribution in [2.75, 3.05) is 6.61 Å². The van der Waals surface area contributed by atoms with Crippen molar-refractivity contribution in [1.82, 2.24) is 5.32 Å². The first-order valence-corrected chi connectivity index (χ1v) is 9.18. The highest BCUT2D eigenvalue weighted by Crippen LogP contribution is 2.45. The fourth-order valence-electron chi connectivity index (χ4n) is 3.70. The molecule has 0 spiro atoms. The van der Waals surface area contributed by atoms with Crippen LogP contribution in [-0.2, 0) is 5.67 Å². The van der Waals surface area contributed by atoms with Crippen LogP contribution >= 0.6 is 35.6 Å². The zero-order valence-electron chi connectivity index (χ0n) is 14.7. The number of para-hydroxylation sites is 1. The minimum atomic E-state index is -1.35. The number of rotatable bonds is 3. The van der Waals surface area contributed by atoms with Crippen molar-refractivity contribution in [3.05, 3.63) is 64.7 Å². The third kappa shape index (κ3) is 4.32. The van der Waals surface area contributed by atoms with Crippen molar-refractivity contribution in [2.45, 2.75) is 37.0 Å². The average molecular weight is 502 g/mol. The number of hydrogen-bond donors (Lipinski definition) is 2. The molecule has 1 fully saturated rings. The molecular weight excluding hydrogens is 480 g/mol. The number of aliphatic imine (C=N–C) groups is 1. The predicted molar refractivity (Wildman–Crippen MR) is 117 cm³/mol. The first-order valence-electron chi connectivity index (χ1n) is 8.80. The summed E-state index contributed by atoms with van der Waals surface area (Å²) in [6.07, 6.45) is 1.49. The Bertz CT molecular complexity index is 841. The number of halogens is 3. The van der Waals surface area contributed by atoms with Crippen LogP contribution < -0.4 is 15.8 Å². The first kappa shape index (κ1) is 20.2. The van der Waals surface area contributed by atoms with Crippen LogP contribution in [-0.4, -0.2) is 18.6 Å². The van der Waals surface area contributed by atoms with E-state index in [0.717, 1.165) is 17.7 Å². The summed E-state index contributed by atoms with van der Waals surface area (Å²) in [7, 11) is 0. The van der Waals surface area contributed by atoms with Crippen molar-refractivity contribution < 1.29 is 9.13 Å². The van der Waals surface area contributed by atoms with E-state index in [1.54, 1.807) is 24.3 Å². The van der Waals surface area contributed by atoms with E-state index in [0.29, 0.717) is 36.0 Å². The molecule has 0 saturated heterocycles.